The molecule has 2 aromatic carbocycles. The molecule has 0 radical (unpaired) electrons. The molecule has 1 aromatic heterocycles. The van der Waals surface area contributed by atoms with Gasteiger partial charge in [0.15, 0.2) is 0 Å². The predicted octanol–water partition coefficient (Wildman–Crippen LogP) is 4.84. The van der Waals surface area contributed by atoms with Crippen molar-refractivity contribution < 1.29 is 4.39 Å². The Morgan fingerprint density at radius 3 is 2.52 bits per heavy atom. The highest BCUT2D eigenvalue weighted by Gasteiger charge is 2.08. The van der Waals surface area contributed by atoms with Crippen LogP contribution in [-0.2, 0) is 6.54 Å². The van der Waals surface area contributed by atoms with E-state index in [9.17, 15) is 4.39 Å². The van der Waals surface area contributed by atoms with E-state index in [2.05, 4.69) is 20.9 Å². The smallest absolute Gasteiger partial charge is 0.125 e. The van der Waals surface area contributed by atoms with Crippen molar-refractivity contribution in [3.63, 3.8) is 0 Å². The van der Waals surface area contributed by atoms with E-state index in [1.54, 1.807) is 0 Å². The first-order valence-corrected chi connectivity index (χ1v) is 8.04. The lowest BCUT2D eigenvalue weighted by atomic mass is 10.1. The molecule has 0 aliphatic carbocycles. The van der Waals surface area contributed by atoms with Crippen LogP contribution in [-0.4, -0.2) is 4.98 Å². The van der Waals surface area contributed by atoms with Gasteiger partial charge in [0.25, 0.3) is 0 Å². The minimum atomic E-state index is -0.275. The minimum absolute atomic E-state index is 0.275. The van der Waals surface area contributed by atoms with E-state index in [4.69, 9.17) is 5.73 Å². The van der Waals surface area contributed by atoms with Gasteiger partial charge in [-0.3, -0.25) is 0 Å². The second kappa shape index (κ2) is 6.05. The Morgan fingerprint density at radius 2 is 1.86 bits per heavy atom. The normalized spacial score (nSPS) is 10.8. The van der Waals surface area contributed by atoms with Gasteiger partial charge < -0.3 is 5.73 Å². The fourth-order valence-corrected chi connectivity index (χ4v) is 3.31. The lowest BCUT2D eigenvalue weighted by molar-refractivity contribution is 0.627. The van der Waals surface area contributed by atoms with Crippen molar-refractivity contribution in [3.8, 4) is 21.8 Å². The van der Waals surface area contributed by atoms with Crippen LogP contribution in [0.2, 0.25) is 0 Å². The van der Waals surface area contributed by atoms with Gasteiger partial charge in [-0.05, 0) is 23.8 Å². The molecule has 3 aromatic rings. The van der Waals surface area contributed by atoms with Gasteiger partial charge in [0.1, 0.15) is 10.8 Å². The quantitative estimate of drug-likeness (QED) is 0.723. The summed E-state index contributed by atoms with van der Waals surface area (Å²) in [4.78, 5) is 4.59. The number of nitrogens with zero attached hydrogens (tertiary/aromatic N) is 1. The number of nitrogens with two attached hydrogens (primary N) is 1. The minimum Gasteiger partial charge on any atom is -0.326 e. The van der Waals surface area contributed by atoms with Crippen LogP contribution in [0.4, 0.5) is 4.39 Å². The van der Waals surface area contributed by atoms with Gasteiger partial charge in [-0.15, -0.1) is 11.3 Å². The molecule has 0 bridgehead atoms. The lowest BCUT2D eigenvalue weighted by Gasteiger charge is -2.00. The molecule has 1 heterocycles. The second-order valence-electron chi connectivity index (χ2n) is 4.60. The van der Waals surface area contributed by atoms with E-state index in [1.165, 1.54) is 23.5 Å². The van der Waals surface area contributed by atoms with Gasteiger partial charge in [0.2, 0.25) is 0 Å². The first kappa shape index (κ1) is 14.4. The monoisotopic (exact) mass is 362 g/mol. The van der Waals surface area contributed by atoms with Gasteiger partial charge in [0.05, 0.1) is 5.69 Å². The van der Waals surface area contributed by atoms with Crippen LogP contribution in [0.1, 0.15) is 5.56 Å². The number of halogens is 2. The largest absolute Gasteiger partial charge is 0.326 e. The first-order chi connectivity index (χ1) is 10.2. The summed E-state index contributed by atoms with van der Waals surface area (Å²) in [6.07, 6.45) is 0. The molecule has 0 saturated heterocycles. The summed E-state index contributed by atoms with van der Waals surface area (Å²) >= 11 is 4.80. The molecule has 0 aliphatic heterocycles. The van der Waals surface area contributed by atoms with E-state index in [1.807, 2.05) is 35.7 Å². The lowest BCUT2D eigenvalue weighted by Crippen LogP contribution is -1.95. The molecule has 0 spiro atoms. The van der Waals surface area contributed by atoms with Crippen molar-refractivity contribution in [3.05, 3.63) is 63.7 Å². The molecule has 0 saturated carbocycles. The van der Waals surface area contributed by atoms with Crippen molar-refractivity contribution in [1.82, 2.24) is 4.98 Å². The SMILES string of the molecule is NCc1ccc(-c2csc(-c3cc(F)cc(Br)c3)n2)cc1. The van der Waals surface area contributed by atoms with Crippen molar-refractivity contribution in [2.24, 2.45) is 5.73 Å². The average Bonchev–Trinajstić information content (AvgIpc) is 2.96. The summed E-state index contributed by atoms with van der Waals surface area (Å²) in [5.41, 5.74) is 9.38. The van der Waals surface area contributed by atoms with Gasteiger partial charge in [-0.25, -0.2) is 9.37 Å². The Hall–Kier alpha value is -1.56. The highest BCUT2D eigenvalue weighted by atomic mass is 79.9. The summed E-state index contributed by atoms with van der Waals surface area (Å²) in [6, 6.07) is 12.8. The van der Waals surface area contributed by atoms with Crippen LogP contribution in [0, 0.1) is 5.82 Å². The Morgan fingerprint density at radius 1 is 1.10 bits per heavy atom. The van der Waals surface area contributed by atoms with Crippen LogP contribution in [0.5, 0.6) is 0 Å². The van der Waals surface area contributed by atoms with Crippen LogP contribution in [0.3, 0.4) is 0 Å². The van der Waals surface area contributed by atoms with Crippen molar-refractivity contribution in [1.29, 1.82) is 0 Å². The van der Waals surface area contributed by atoms with Gasteiger partial charge in [-0.1, -0.05) is 40.2 Å². The Kier molecular flexibility index (Phi) is 4.14. The summed E-state index contributed by atoms with van der Waals surface area (Å²) in [5, 5.41) is 2.78. The van der Waals surface area contributed by atoms with Gasteiger partial charge in [-0.2, -0.15) is 0 Å². The third-order valence-electron chi connectivity index (χ3n) is 3.10. The fraction of sp³-hybridized carbons (Fsp3) is 0.0625. The molecule has 0 amide bonds. The number of thiazole rings is 1. The summed E-state index contributed by atoms with van der Waals surface area (Å²) < 4.78 is 14.2. The summed E-state index contributed by atoms with van der Waals surface area (Å²) in [5.74, 6) is -0.275. The molecule has 0 atom stereocenters. The molecule has 0 fully saturated rings. The van der Waals surface area contributed by atoms with E-state index in [-0.39, 0.29) is 5.82 Å². The van der Waals surface area contributed by atoms with Crippen LogP contribution >= 0.6 is 27.3 Å². The van der Waals surface area contributed by atoms with E-state index in [0.29, 0.717) is 11.0 Å². The third kappa shape index (κ3) is 3.20. The number of rotatable bonds is 3. The summed E-state index contributed by atoms with van der Waals surface area (Å²) in [6.45, 7) is 0.528. The predicted molar refractivity (Wildman–Crippen MR) is 88.5 cm³/mol. The first-order valence-electron chi connectivity index (χ1n) is 6.37. The van der Waals surface area contributed by atoms with Gasteiger partial charge >= 0.3 is 0 Å². The number of benzene rings is 2. The molecular weight excluding hydrogens is 351 g/mol. The van der Waals surface area contributed by atoms with Crippen LogP contribution in [0.15, 0.2) is 52.3 Å². The molecular formula is C16H12BrFN2S. The standard InChI is InChI=1S/C16H12BrFN2S/c17-13-5-12(6-14(18)7-13)16-20-15(9-21-16)11-3-1-10(8-19)2-4-11/h1-7,9H,8,19H2. The molecule has 106 valence electrons. The molecule has 2 N–H and O–H groups in total. The van der Waals surface area contributed by atoms with Gasteiger partial charge in [0, 0.05) is 27.5 Å². The topological polar surface area (TPSA) is 38.9 Å². The van der Waals surface area contributed by atoms with Crippen molar-refractivity contribution in [2.75, 3.05) is 0 Å². The Labute approximate surface area is 134 Å². The van der Waals surface area contributed by atoms with E-state index in [0.717, 1.165) is 27.4 Å². The molecule has 2 nitrogen and oxygen atoms in total. The maximum Gasteiger partial charge on any atom is 0.125 e. The molecule has 0 aliphatic rings. The van der Waals surface area contributed by atoms with E-state index < -0.39 is 0 Å². The van der Waals surface area contributed by atoms with Crippen molar-refractivity contribution >= 4 is 27.3 Å². The molecule has 3 rings (SSSR count). The summed E-state index contributed by atoms with van der Waals surface area (Å²) in [7, 11) is 0. The maximum atomic E-state index is 13.5. The second-order valence-corrected chi connectivity index (χ2v) is 6.37. The van der Waals surface area contributed by atoms with Crippen LogP contribution < -0.4 is 5.73 Å². The number of hydrogen-bond donors (Lipinski definition) is 1. The fourth-order valence-electron chi connectivity index (χ4n) is 2.03. The maximum absolute atomic E-state index is 13.5. The Balaban J connectivity index is 1.95. The number of aromatic nitrogens is 1. The van der Waals surface area contributed by atoms with Crippen molar-refractivity contribution in [2.45, 2.75) is 6.54 Å². The molecule has 5 heteroatoms. The zero-order chi connectivity index (χ0) is 14.8. The van der Waals surface area contributed by atoms with E-state index >= 15 is 0 Å². The highest BCUT2D eigenvalue weighted by molar-refractivity contribution is 9.10. The number of hydrogen-bond acceptors (Lipinski definition) is 3. The average molecular weight is 363 g/mol. The molecule has 0 unspecified atom stereocenters. The molecule has 21 heavy (non-hydrogen) atoms. The zero-order valence-electron chi connectivity index (χ0n) is 11.0. The zero-order valence-corrected chi connectivity index (χ0v) is 13.4. The highest BCUT2D eigenvalue weighted by Crippen LogP contribution is 2.31. The Bertz CT molecular complexity index is 748. The van der Waals surface area contributed by atoms with Crippen LogP contribution in [0.25, 0.3) is 21.8 Å². The third-order valence-corrected chi connectivity index (χ3v) is 4.45.